The largest absolute Gasteiger partial charge is 0.465 e. The van der Waals surface area contributed by atoms with Gasteiger partial charge in [-0.05, 0) is 24.0 Å². The molecular formula is C19H20F3NO4. The lowest BCUT2D eigenvalue weighted by Gasteiger charge is -2.38. The highest BCUT2D eigenvalue weighted by Crippen LogP contribution is 2.58. The number of rotatable bonds is 4. The zero-order chi connectivity index (χ0) is 19.2. The average Bonchev–Trinajstić information content (AvgIpc) is 3.30. The smallest absolute Gasteiger partial charge is 0.409 e. The van der Waals surface area contributed by atoms with Gasteiger partial charge in [0.05, 0.1) is 25.0 Å². The van der Waals surface area contributed by atoms with E-state index in [1.54, 1.807) is 29.2 Å². The molecule has 0 radical (unpaired) electrons. The minimum absolute atomic E-state index is 0.0885. The van der Waals surface area contributed by atoms with Crippen LogP contribution in [-0.2, 0) is 19.7 Å². The zero-order valence-corrected chi connectivity index (χ0v) is 14.6. The summed E-state index contributed by atoms with van der Waals surface area (Å²) in [7, 11) is 0. The number of likely N-dealkylation sites (tertiary alicyclic amines) is 1. The number of amides is 1. The van der Waals surface area contributed by atoms with Crippen molar-refractivity contribution in [3.8, 4) is 0 Å². The van der Waals surface area contributed by atoms with Crippen molar-refractivity contribution in [2.75, 3.05) is 26.3 Å². The number of carbonyl (C=O) groups is 2. The molecule has 1 atom stereocenters. The van der Waals surface area contributed by atoms with Crippen LogP contribution < -0.4 is 0 Å². The number of halogens is 3. The second-order valence-electron chi connectivity index (χ2n) is 7.63. The van der Waals surface area contributed by atoms with Crippen LogP contribution in [-0.4, -0.2) is 49.4 Å². The maximum Gasteiger partial charge on any atom is 0.409 e. The summed E-state index contributed by atoms with van der Waals surface area (Å²) in [5.74, 6) is -0.263. The van der Waals surface area contributed by atoms with Crippen LogP contribution in [0.3, 0.4) is 0 Å². The van der Waals surface area contributed by atoms with Gasteiger partial charge in [0.2, 0.25) is 0 Å². The van der Waals surface area contributed by atoms with E-state index in [0.717, 1.165) is 5.56 Å². The van der Waals surface area contributed by atoms with E-state index in [1.807, 2.05) is 0 Å². The molecule has 1 aromatic rings. The zero-order valence-electron chi connectivity index (χ0n) is 14.6. The number of hydrogen-bond donors (Lipinski definition) is 0. The molecule has 3 aliphatic rings. The fraction of sp³-hybridized carbons (Fsp3) is 0.579. The summed E-state index contributed by atoms with van der Waals surface area (Å²) in [6.45, 7) is 1.38. The Morgan fingerprint density at radius 3 is 2.41 bits per heavy atom. The van der Waals surface area contributed by atoms with E-state index >= 15 is 0 Å². The molecule has 5 nitrogen and oxygen atoms in total. The van der Waals surface area contributed by atoms with Crippen molar-refractivity contribution in [1.29, 1.82) is 0 Å². The molecule has 1 amide bonds. The van der Waals surface area contributed by atoms with E-state index in [1.165, 1.54) is 0 Å². The molecule has 4 rings (SSSR count). The molecule has 27 heavy (non-hydrogen) atoms. The molecule has 3 fully saturated rings. The minimum Gasteiger partial charge on any atom is -0.465 e. The third-order valence-corrected chi connectivity index (χ3v) is 5.74. The normalized spacial score (nSPS) is 24.3. The van der Waals surface area contributed by atoms with E-state index in [0.29, 0.717) is 18.7 Å². The number of alkyl halides is 3. The second kappa shape index (κ2) is 6.42. The highest BCUT2D eigenvalue weighted by atomic mass is 19.4. The van der Waals surface area contributed by atoms with Crippen molar-refractivity contribution in [2.24, 2.45) is 5.92 Å². The Morgan fingerprint density at radius 2 is 1.89 bits per heavy atom. The third kappa shape index (κ3) is 3.37. The number of carbonyl (C=O) groups excluding carboxylic acids is 2. The van der Waals surface area contributed by atoms with Crippen molar-refractivity contribution in [2.45, 2.75) is 36.8 Å². The summed E-state index contributed by atoms with van der Waals surface area (Å²) >= 11 is 0. The van der Waals surface area contributed by atoms with Gasteiger partial charge in [0.1, 0.15) is 0 Å². The van der Waals surface area contributed by atoms with Crippen molar-refractivity contribution >= 4 is 12.1 Å². The highest BCUT2D eigenvalue weighted by Gasteiger charge is 2.64. The Bertz CT molecular complexity index is 736. The summed E-state index contributed by atoms with van der Waals surface area (Å²) in [5.41, 5.74) is -0.412. The van der Waals surface area contributed by atoms with Gasteiger partial charge >= 0.3 is 18.2 Å². The van der Waals surface area contributed by atoms with Gasteiger partial charge in [-0.15, -0.1) is 0 Å². The number of ether oxygens (including phenoxy) is 2. The van der Waals surface area contributed by atoms with Gasteiger partial charge in [0.15, 0.2) is 0 Å². The van der Waals surface area contributed by atoms with Crippen molar-refractivity contribution in [3.05, 3.63) is 35.4 Å². The maximum absolute atomic E-state index is 13.2. The molecule has 1 aliphatic carbocycles. The summed E-state index contributed by atoms with van der Waals surface area (Å²) in [6, 6.07) is 6.59. The first-order chi connectivity index (χ1) is 12.8. The molecule has 1 saturated carbocycles. The Morgan fingerprint density at radius 1 is 1.22 bits per heavy atom. The van der Waals surface area contributed by atoms with Gasteiger partial charge in [-0.3, -0.25) is 4.79 Å². The molecular weight excluding hydrogens is 363 g/mol. The second-order valence-corrected chi connectivity index (χ2v) is 7.63. The van der Waals surface area contributed by atoms with Gasteiger partial charge in [0.25, 0.3) is 0 Å². The Labute approximate surface area is 154 Å². The molecule has 0 aromatic heterocycles. The SMILES string of the molecule is O=C1C[C@H](COC(=O)N2CC(c3ccc(C4(C(F)(F)F)CC4)cc3)C2)CO1. The topological polar surface area (TPSA) is 55.8 Å². The van der Waals surface area contributed by atoms with Crippen LogP contribution in [0.1, 0.15) is 36.3 Å². The Kier molecular flexibility index (Phi) is 4.31. The van der Waals surface area contributed by atoms with Crippen LogP contribution in [0, 0.1) is 5.92 Å². The number of cyclic esters (lactones) is 1. The van der Waals surface area contributed by atoms with E-state index < -0.39 is 17.7 Å². The maximum atomic E-state index is 13.2. The van der Waals surface area contributed by atoms with Crippen LogP contribution >= 0.6 is 0 Å². The molecule has 0 spiro atoms. The molecule has 0 unspecified atom stereocenters. The Hall–Kier alpha value is -2.25. The van der Waals surface area contributed by atoms with E-state index in [2.05, 4.69) is 0 Å². The summed E-state index contributed by atoms with van der Waals surface area (Å²) in [6.07, 6.45) is -4.08. The van der Waals surface area contributed by atoms with Gasteiger partial charge in [-0.25, -0.2) is 4.79 Å². The standard InChI is InChI=1S/C19H20F3NO4/c20-19(21,22)18(5-6-18)15-3-1-13(2-4-15)14-8-23(9-14)17(25)27-11-12-7-16(24)26-10-12/h1-4,12,14H,5-11H2/t12-/m0/s1. The third-order valence-electron chi connectivity index (χ3n) is 5.74. The molecule has 0 bridgehead atoms. The average molecular weight is 383 g/mol. The van der Waals surface area contributed by atoms with Crippen molar-refractivity contribution in [1.82, 2.24) is 4.90 Å². The van der Waals surface area contributed by atoms with Crippen LogP contribution in [0.4, 0.5) is 18.0 Å². The molecule has 1 aromatic carbocycles. The number of esters is 1. The van der Waals surface area contributed by atoms with Gasteiger partial charge in [-0.2, -0.15) is 13.2 Å². The molecule has 2 heterocycles. The Balaban J connectivity index is 1.27. The van der Waals surface area contributed by atoms with Crippen molar-refractivity contribution < 1.29 is 32.2 Å². The first-order valence-corrected chi connectivity index (χ1v) is 9.03. The lowest BCUT2D eigenvalue weighted by Crippen LogP contribution is -2.49. The summed E-state index contributed by atoms with van der Waals surface area (Å²) in [5, 5.41) is 0. The molecule has 146 valence electrons. The first-order valence-electron chi connectivity index (χ1n) is 9.03. The lowest BCUT2D eigenvalue weighted by atomic mass is 9.88. The molecule has 2 saturated heterocycles. The predicted octanol–water partition coefficient (Wildman–Crippen LogP) is 3.38. The van der Waals surface area contributed by atoms with Crippen LogP contribution in [0.2, 0.25) is 0 Å². The monoisotopic (exact) mass is 383 g/mol. The van der Waals surface area contributed by atoms with Gasteiger partial charge < -0.3 is 14.4 Å². The molecule has 2 aliphatic heterocycles. The predicted molar refractivity (Wildman–Crippen MR) is 88.1 cm³/mol. The van der Waals surface area contributed by atoms with Gasteiger partial charge in [0, 0.05) is 24.9 Å². The van der Waals surface area contributed by atoms with E-state index in [9.17, 15) is 22.8 Å². The van der Waals surface area contributed by atoms with Crippen LogP contribution in [0.25, 0.3) is 0 Å². The quantitative estimate of drug-likeness (QED) is 0.748. The van der Waals surface area contributed by atoms with Crippen LogP contribution in [0.5, 0.6) is 0 Å². The highest BCUT2D eigenvalue weighted by molar-refractivity contribution is 5.72. The summed E-state index contributed by atoms with van der Waals surface area (Å²) < 4.78 is 49.6. The molecule has 8 heteroatoms. The van der Waals surface area contributed by atoms with Crippen LogP contribution in [0.15, 0.2) is 24.3 Å². The number of nitrogens with zero attached hydrogens (tertiary/aromatic N) is 1. The first kappa shape index (κ1) is 18.1. The minimum atomic E-state index is -4.21. The number of benzene rings is 1. The fourth-order valence-electron chi connectivity index (χ4n) is 3.73. The fourth-order valence-corrected chi connectivity index (χ4v) is 3.73. The lowest BCUT2D eigenvalue weighted by molar-refractivity contribution is -0.160. The van der Waals surface area contributed by atoms with Crippen molar-refractivity contribution in [3.63, 3.8) is 0 Å². The molecule has 0 N–H and O–H groups in total. The summed E-state index contributed by atoms with van der Waals surface area (Å²) in [4.78, 5) is 24.6. The number of hydrogen-bond acceptors (Lipinski definition) is 4. The van der Waals surface area contributed by atoms with E-state index in [4.69, 9.17) is 9.47 Å². The van der Waals surface area contributed by atoms with Gasteiger partial charge in [-0.1, -0.05) is 24.3 Å². The van der Waals surface area contributed by atoms with E-state index in [-0.39, 0.29) is 50.3 Å².